The van der Waals surface area contributed by atoms with Gasteiger partial charge in [0.15, 0.2) is 0 Å². The van der Waals surface area contributed by atoms with Gasteiger partial charge in [-0.2, -0.15) is 0 Å². The Morgan fingerprint density at radius 3 is 2.66 bits per heavy atom. The Kier molecular flexibility index (Phi) is 7.27. The Balaban J connectivity index is 1.49. The van der Waals surface area contributed by atoms with E-state index >= 15 is 0 Å². The largest absolute Gasteiger partial charge is 0.494 e. The summed E-state index contributed by atoms with van der Waals surface area (Å²) in [7, 11) is 0. The molecule has 0 aliphatic heterocycles. The number of nitrogens with one attached hydrogen (secondary N) is 2. The average Bonchev–Trinajstić information content (AvgIpc) is 3.45. The van der Waals surface area contributed by atoms with Crippen LogP contribution in [0.5, 0.6) is 5.75 Å². The molecule has 0 bridgehead atoms. The van der Waals surface area contributed by atoms with Crippen LogP contribution in [-0.4, -0.2) is 18.4 Å². The van der Waals surface area contributed by atoms with Crippen molar-refractivity contribution in [2.45, 2.75) is 52.0 Å². The first-order valence-corrected chi connectivity index (χ1v) is 12.0. The molecule has 0 spiro atoms. The van der Waals surface area contributed by atoms with Gasteiger partial charge in [-0.15, -0.1) is 11.3 Å². The van der Waals surface area contributed by atoms with E-state index in [0.717, 1.165) is 49.8 Å². The van der Waals surface area contributed by atoms with Crippen LogP contribution in [0.25, 0.3) is 0 Å². The summed E-state index contributed by atoms with van der Waals surface area (Å²) in [6, 6.07) is 10.7. The Bertz CT molecular complexity index is 1050. The van der Waals surface area contributed by atoms with Gasteiger partial charge in [-0.1, -0.05) is 13.3 Å². The first-order valence-electron chi connectivity index (χ1n) is 11.1. The normalized spacial score (nSPS) is 12.8. The van der Waals surface area contributed by atoms with Crippen molar-refractivity contribution < 1.29 is 18.7 Å². The Morgan fingerprint density at radius 1 is 1.09 bits per heavy atom. The van der Waals surface area contributed by atoms with Crippen molar-refractivity contribution in [1.29, 1.82) is 0 Å². The Hall–Kier alpha value is -3.06. The van der Waals surface area contributed by atoms with E-state index in [1.54, 1.807) is 36.6 Å². The lowest BCUT2D eigenvalue weighted by molar-refractivity contribution is 0.0948. The predicted octanol–water partition coefficient (Wildman–Crippen LogP) is 5.58. The van der Waals surface area contributed by atoms with E-state index in [1.807, 2.05) is 6.07 Å². The SMILES string of the molecule is CCCCOc1ccc(C(=O)Nc2sc3c(c2C(=O)NCc2ccco2)CCCC3)cc1. The molecule has 1 aliphatic carbocycles. The molecule has 7 heteroatoms. The summed E-state index contributed by atoms with van der Waals surface area (Å²) in [5.74, 6) is 1.02. The number of ether oxygens (including phenoxy) is 1. The van der Waals surface area contributed by atoms with Gasteiger partial charge < -0.3 is 19.8 Å². The summed E-state index contributed by atoms with van der Waals surface area (Å²) < 4.78 is 11.0. The van der Waals surface area contributed by atoms with Crippen LogP contribution in [0.15, 0.2) is 47.1 Å². The number of unbranched alkanes of at least 4 members (excludes halogenated alkanes) is 1. The summed E-state index contributed by atoms with van der Waals surface area (Å²) in [6.45, 7) is 3.09. The molecule has 0 saturated carbocycles. The van der Waals surface area contributed by atoms with Crippen LogP contribution < -0.4 is 15.4 Å². The predicted molar refractivity (Wildman–Crippen MR) is 126 cm³/mol. The Morgan fingerprint density at radius 2 is 1.91 bits per heavy atom. The lowest BCUT2D eigenvalue weighted by Crippen LogP contribution is -2.25. The maximum atomic E-state index is 13.1. The fourth-order valence-corrected chi connectivity index (χ4v) is 5.06. The molecule has 0 radical (unpaired) electrons. The van der Waals surface area contributed by atoms with E-state index in [4.69, 9.17) is 9.15 Å². The van der Waals surface area contributed by atoms with Crippen LogP contribution in [0, 0.1) is 0 Å². The molecule has 0 saturated heterocycles. The monoisotopic (exact) mass is 452 g/mol. The van der Waals surface area contributed by atoms with Crippen LogP contribution in [0.2, 0.25) is 0 Å². The Labute approximate surface area is 192 Å². The molecule has 1 aliphatic rings. The number of rotatable bonds is 9. The van der Waals surface area contributed by atoms with Gasteiger partial charge in [0.1, 0.15) is 16.5 Å². The molecule has 2 N–H and O–H groups in total. The van der Waals surface area contributed by atoms with E-state index in [9.17, 15) is 9.59 Å². The molecular formula is C25H28N2O4S. The zero-order valence-corrected chi connectivity index (χ0v) is 19.1. The zero-order chi connectivity index (χ0) is 22.3. The molecule has 32 heavy (non-hydrogen) atoms. The third-order valence-electron chi connectivity index (χ3n) is 5.51. The second-order valence-corrected chi connectivity index (χ2v) is 8.96. The number of aryl methyl sites for hydroxylation is 1. The second kappa shape index (κ2) is 10.5. The molecule has 4 rings (SSSR count). The van der Waals surface area contributed by atoms with Crippen molar-refractivity contribution in [2.24, 2.45) is 0 Å². The number of carbonyl (C=O) groups excluding carboxylic acids is 2. The third kappa shape index (κ3) is 5.22. The fraction of sp³-hybridized carbons (Fsp3) is 0.360. The first kappa shape index (κ1) is 22.1. The van der Waals surface area contributed by atoms with Crippen molar-refractivity contribution >= 4 is 28.2 Å². The minimum atomic E-state index is -0.233. The number of amides is 2. The highest BCUT2D eigenvalue weighted by Crippen LogP contribution is 2.38. The van der Waals surface area contributed by atoms with Gasteiger partial charge in [0.25, 0.3) is 11.8 Å². The number of fused-ring (bicyclic) bond motifs is 1. The van der Waals surface area contributed by atoms with E-state index in [2.05, 4.69) is 17.6 Å². The van der Waals surface area contributed by atoms with Crippen LogP contribution in [0.4, 0.5) is 5.00 Å². The summed E-state index contributed by atoms with van der Waals surface area (Å²) in [5, 5.41) is 6.53. The highest BCUT2D eigenvalue weighted by molar-refractivity contribution is 7.17. The van der Waals surface area contributed by atoms with Gasteiger partial charge in [-0.25, -0.2) is 0 Å². The first-order chi connectivity index (χ1) is 15.7. The minimum Gasteiger partial charge on any atom is -0.494 e. The molecule has 6 nitrogen and oxygen atoms in total. The number of hydrogen-bond donors (Lipinski definition) is 2. The molecule has 2 amide bonds. The molecule has 168 valence electrons. The van der Waals surface area contributed by atoms with Gasteiger partial charge in [0.05, 0.1) is 25.0 Å². The highest BCUT2D eigenvalue weighted by Gasteiger charge is 2.26. The van der Waals surface area contributed by atoms with Crippen molar-refractivity contribution in [2.75, 3.05) is 11.9 Å². The van der Waals surface area contributed by atoms with E-state index in [0.29, 0.717) is 35.0 Å². The summed E-state index contributed by atoms with van der Waals surface area (Å²) in [5.41, 5.74) is 2.18. The maximum Gasteiger partial charge on any atom is 0.256 e. The summed E-state index contributed by atoms with van der Waals surface area (Å²) >= 11 is 1.51. The van der Waals surface area contributed by atoms with Gasteiger partial charge in [-0.05, 0) is 74.1 Å². The van der Waals surface area contributed by atoms with Crippen molar-refractivity contribution in [1.82, 2.24) is 5.32 Å². The molecular weight excluding hydrogens is 424 g/mol. The number of furan rings is 1. The van der Waals surface area contributed by atoms with E-state index in [1.165, 1.54) is 16.2 Å². The third-order valence-corrected chi connectivity index (χ3v) is 6.72. The molecule has 2 heterocycles. The van der Waals surface area contributed by atoms with Crippen LogP contribution in [0.3, 0.4) is 0 Å². The zero-order valence-electron chi connectivity index (χ0n) is 18.2. The van der Waals surface area contributed by atoms with Gasteiger partial charge in [0, 0.05) is 10.4 Å². The van der Waals surface area contributed by atoms with Gasteiger partial charge in [-0.3, -0.25) is 9.59 Å². The van der Waals surface area contributed by atoms with E-state index in [-0.39, 0.29) is 11.8 Å². The van der Waals surface area contributed by atoms with Gasteiger partial charge in [0.2, 0.25) is 0 Å². The quantitative estimate of drug-likeness (QED) is 0.415. The molecule has 0 unspecified atom stereocenters. The summed E-state index contributed by atoms with van der Waals surface area (Å²) in [6.07, 6.45) is 7.61. The topological polar surface area (TPSA) is 80.6 Å². The standard InChI is InChI=1S/C25H28N2O4S/c1-2-3-14-30-18-12-10-17(11-13-18)23(28)27-25-22(20-8-4-5-9-21(20)32-25)24(29)26-16-19-7-6-15-31-19/h6-7,10-13,15H,2-5,8-9,14,16H2,1H3,(H,26,29)(H,27,28). The van der Waals surface area contributed by atoms with Gasteiger partial charge >= 0.3 is 0 Å². The number of thiophene rings is 1. The highest BCUT2D eigenvalue weighted by atomic mass is 32.1. The minimum absolute atomic E-state index is 0.184. The average molecular weight is 453 g/mol. The van der Waals surface area contributed by atoms with Crippen molar-refractivity contribution in [3.63, 3.8) is 0 Å². The van der Waals surface area contributed by atoms with Crippen molar-refractivity contribution in [3.8, 4) is 5.75 Å². The smallest absolute Gasteiger partial charge is 0.256 e. The molecule has 2 aromatic heterocycles. The van der Waals surface area contributed by atoms with Crippen molar-refractivity contribution in [3.05, 3.63) is 70.0 Å². The lowest BCUT2D eigenvalue weighted by Gasteiger charge is -2.13. The number of carbonyl (C=O) groups is 2. The molecule has 0 atom stereocenters. The lowest BCUT2D eigenvalue weighted by atomic mass is 9.95. The maximum absolute atomic E-state index is 13.1. The number of hydrogen-bond acceptors (Lipinski definition) is 5. The molecule has 0 fully saturated rings. The molecule has 1 aromatic carbocycles. The van der Waals surface area contributed by atoms with Crippen LogP contribution in [-0.2, 0) is 19.4 Å². The molecule has 3 aromatic rings. The second-order valence-electron chi connectivity index (χ2n) is 7.86. The van der Waals surface area contributed by atoms with E-state index < -0.39 is 0 Å². The summed E-state index contributed by atoms with van der Waals surface area (Å²) in [4.78, 5) is 27.2. The fourth-order valence-electron chi connectivity index (χ4n) is 3.78. The van der Waals surface area contributed by atoms with Crippen LogP contribution in [0.1, 0.15) is 69.5 Å². The van der Waals surface area contributed by atoms with Crippen LogP contribution >= 0.6 is 11.3 Å². The number of benzene rings is 1. The number of anilines is 1.